The predicted molar refractivity (Wildman–Crippen MR) is 108 cm³/mol. The van der Waals surface area contributed by atoms with Gasteiger partial charge in [0.05, 0.1) is 23.0 Å². The highest BCUT2D eigenvalue weighted by molar-refractivity contribution is 7.99. The summed E-state index contributed by atoms with van der Waals surface area (Å²) >= 11 is 1.53. The number of H-pyrrole nitrogens is 1. The zero-order chi connectivity index (χ0) is 20.1. The van der Waals surface area contributed by atoms with Gasteiger partial charge in [-0.2, -0.15) is 5.10 Å². The Labute approximate surface area is 165 Å². The molecule has 0 saturated carbocycles. The molecule has 2 amide bonds. The Kier molecular flexibility index (Phi) is 4.41. The van der Waals surface area contributed by atoms with Crippen LogP contribution < -0.4 is 10.9 Å². The van der Waals surface area contributed by atoms with Crippen LogP contribution in [0.3, 0.4) is 0 Å². The second kappa shape index (κ2) is 6.66. The van der Waals surface area contributed by atoms with Gasteiger partial charge < -0.3 is 15.2 Å². The van der Waals surface area contributed by atoms with Crippen molar-refractivity contribution in [2.75, 3.05) is 11.6 Å². The van der Waals surface area contributed by atoms with Crippen molar-refractivity contribution in [1.29, 1.82) is 0 Å². The third-order valence-corrected chi connectivity index (χ3v) is 5.56. The standard InChI is InChI=1S/C19H21N5O3S/c1-19(2,3)22-17(26)14-9-28-10-23(14)18(27)12-8-20-24-13-7-5-4-6-11(13)16(25)21-15(12)24/h4-8,14H,9-10H2,1-3H3,(H,21,25)(H,22,26). The number of nitrogens with zero attached hydrogens (tertiary/aromatic N) is 3. The van der Waals surface area contributed by atoms with Gasteiger partial charge in [-0.25, -0.2) is 4.52 Å². The van der Waals surface area contributed by atoms with Gasteiger partial charge in [0.1, 0.15) is 17.3 Å². The Bertz CT molecular complexity index is 1140. The first-order valence-electron chi connectivity index (χ1n) is 8.96. The number of hydrogen-bond acceptors (Lipinski definition) is 5. The van der Waals surface area contributed by atoms with Crippen molar-refractivity contribution in [2.45, 2.75) is 32.4 Å². The summed E-state index contributed by atoms with van der Waals surface area (Å²) in [6, 6.07) is 6.52. The first kappa shape index (κ1) is 18.5. The zero-order valence-corrected chi connectivity index (χ0v) is 16.7. The average molecular weight is 399 g/mol. The summed E-state index contributed by atoms with van der Waals surface area (Å²) in [5.74, 6) is 0.448. The van der Waals surface area contributed by atoms with Crippen molar-refractivity contribution >= 4 is 40.1 Å². The number of carbonyl (C=O) groups excluding carboxylic acids is 2. The van der Waals surface area contributed by atoms with Crippen LogP contribution in [0.25, 0.3) is 16.6 Å². The van der Waals surface area contributed by atoms with Crippen LogP contribution in [0, 0.1) is 0 Å². The molecule has 3 aromatic rings. The smallest absolute Gasteiger partial charge is 0.260 e. The van der Waals surface area contributed by atoms with E-state index in [1.807, 2.05) is 26.8 Å². The number of amides is 2. The Hall–Kier alpha value is -2.81. The fraction of sp³-hybridized carbons (Fsp3) is 0.368. The number of rotatable bonds is 2. The van der Waals surface area contributed by atoms with Crippen LogP contribution >= 0.6 is 11.8 Å². The molecule has 9 heteroatoms. The van der Waals surface area contributed by atoms with E-state index in [9.17, 15) is 14.4 Å². The Balaban J connectivity index is 1.73. The molecule has 0 bridgehead atoms. The number of nitrogens with one attached hydrogen (secondary N) is 2. The molecular weight excluding hydrogens is 378 g/mol. The van der Waals surface area contributed by atoms with E-state index in [0.29, 0.717) is 28.2 Å². The third-order valence-electron chi connectivity index (χ3n) is 4.55. The zero-order valence-electron chi connectivity index (χ0n) is 15.9. The van der Waals surface area contributed by atoms with Gasteiger partial charge in [0, 0.05) is 11.3 Å². The van der Waals surface area contributed by atoms with E-state index in [1.54, 1.807) is 22.7 Å². The van der Waals surface area contributed by atoms with E-state index >= 15 is 0 Å². The number of para-hydroxylation sites is 1. The minimum absolute atomic E-state index is 0.179. The molecule has 2 aromatic heterocycles. The van der Waals surface area contributed by atoms with E-state index in [4.69, 9.17) is 0 Å². The van der Waals surface area contributed by atoms with Gasteiger partial charge >= 0.3 is 0 Å². The summed E-state index contributed by atoms with van der Waals surface area (Å²) in [6.45, 7) is 5.71. The number of aromatic amines is 1. The molecule has 28 heavy (non-hydrogen) atoms. The SMILES string of the molecule is CC(C)(C)NC(=O)C1CSCN1C(=O)c1cnn2c1[nH]c(=O)c1ccccc12. The van der Waals surface area contributed by atoms with Gasteiger partial charge in [-0.05, 0) is 32.9 Å². The van der Waals surface area contributed by atoms with Crippen molar-refractivity contribution in [1.82, 2.24) is 24.8 Å². The van der Waals surface area contributed by atoms with Crippen molar-refractivity contribution in [2.24, 2.45) is 0 Å². The molecule has 4 rings (SSSR count). The molecule has 2 N–H and O–H groups in total. The number of thioether (sulfide) groups is 1. The highest BCUT2D eigenvalue weighted by Gasteiger charge is 2.37. The number of aromatic nitrogens is 3. The molecule has 1 saturated heterocycles. The predicted octanol–water partition coefficient (Wildman–Crippen LogP) is 1.61. The van der Waals surface area contributed by atoms with Crippen LogP contribution in [0.2, 0.25) is 0 Å². The lowest BCUT2D eigenvalue weighted by molar-refractivity contribution is -0.125. The first-order valence-corrected chi connectivity index (χ1v) is 10.1. The summed E-state index contributed by atoms with van der Waals surface area (Å²) in [5.41, 5.74) is 0.571. The molecular formula is C19H21N5O3S. The molecule has 1 aliphatic heterocycles. The second-order valence-corrected chi connectivity index (χ2v) is 8.82. The molecule has 1 unspecified atom stereocenters. The van der Waals surface area contributed by atoms with E-state index < -0.39 is 6.04 Å². The summed E-state index contributed by atoms with van der Waals surface area (Å²) in [4.78, 5) is 42.6. The normalized spacial score (nSPS) is 17.4. The maximum atomic E-state index is 13.2. The Morgan fingerprint density at radius 2 is 2.04 bits per heavy atom. The average Bonchev–Trinajstić information content (AvgIpc) is 3.27. The molecule has 3 heterocycles. The Morgan fingerprint density at radius 3 is 2.79 bits per heavy atom. The van der Waals surface area contributed by atoms with Crippen LogP contribution in [-0.4, -0.2) is 54.5 Å². The maximum absolute atomic E-state index is 13.2. The van der Waals surface area contributed by atoms with Gasteiger partial charge in [0.25, 0.3) is 11.5 Å². The van der Waals surface area contributed by atoms with E-state index in [2.05, 4.69) is 15.4 Å². The van der Waals surface area contributed by atoms with Crippen LogP contribution in [0.1, 0.15) is 31.1 Å². The molecule has 1 aliphatic rings. The van der Waals surface area contributed by atoms with E-state index in [1.165, 1.54) is 22.9 Å². The fourth-order valence-electron chi connectivity index (χ4n) is 3.30. The molecule has 1 fully saturated rings. The fourth-order valence-corrected chi connectivity index (χ4v) is 4.45. The van der Waals surface area contributed by atoms with E-state index in [-0.39, 0.29) is 28.5 Å². The highest BCUT2D eigenvalue weighted by atomic mass is 32.2. The third kappa shape index (κ3) is 3.15. The second-order valence-electron chi connectivity index (χ2n) is 7.82. The molecule has 1 aromatic carbocycles. The lowest BCUT2D eigenvalue weighted by Gasteiger charge is -2.27. The van der Waals surface area contributed by atoms with Gasteiger partial charge in [0.2, 0.25) is 5.91 Å². The van der Waals surface area contributed by atoms with Crippen LogP contribution in [-0.2, 0) is 4.79 Å². The molecule has 1 atom stereocenters. The van der Waals surface area contributed by atoms with Crippen LogP contribution in [0.4, 0.5) is 0 Å². The molecule has 0 spiro atoms. The summed E-state index contributed by atoms with van der Waals surface area (Å²) in [7, 11) is 0. The number of benzene rings is 1. The lowest BCUT2D eigenvalue weighted by atomic mass is 10.1. The van der Waals surface area contributed by atoms with Gasteiger partial charge in [-0.15, -0.1) is 11.8 Å². The number of hydrogen-bond donors (Lipinski definition) is 2. The molecule has 146 valence electrons. The summed E-state index contributed by atoms with van der Waals surface area (Å²) < 4.78 is 1.55. The topological polar surface area (TPSA) is 99.6 Å². The van der Waals surface area contributed by atoms with Crippen molar-refractivity contribution in [3.8, 4) is 0 Å². The monoisotopic (exact) mass is 399 g/mol. The maximum Gasteiger partial charge on any atom is 0.260 e. The van der Waals surface area contributed by atoms with Crippen molar-refractivity contribution < 1.29 is 9.59 Å². The summed E-state index contributed by atoms with van der Waals surface area (Å²) in [6.07, 6.45) is 1.45. The van der Waals surface area contributed by atoms with Gasteiger partial charge in [-0.1, -0.05) is 12.1 Å². The highest BCUT2D eigenvalue weighted by Crippen LogP contribution is 2.25. The van der Waals surface area contributed by atoms with Crippen molar-refractivity contribution in [3.05, 3.63) is 46.4 Å². The quantitative estimate of drug-likeness (QED) is 0.682. The molecule has 8 nitrogen and oxygen atoms in total. The minimum atomic E-state index is -0.557. The van der Waals surface area contributed by atoms with Crippen molar-refractivity contribution in [3.63, 3.8) is 0 Å². The molecule has 0 aliphatic carbocycles. The number of fused-ring (bicyclic) bond motifs is 3. The largest absolute Gasteiger partial charge is 0.350 e. The first-order chi connectivity index (χ1) is 13.3. The Morgan fingerprint density at radius 1 is 1.29 bits per heavy atom. The summed E-state index contributed by atoms with van der Waals surface area (Å²) in [5, 5.41) is 7.73. The minimum Gasteiger partial charge on any atom is -0.350 e. The molecule has 0 radical (unpaired) electrons. The van der Waals surface area contributed by atoms with Gasteiger partial charge in [0.15, 0.2) is 0 Å². The van der Waals surface area contributed by atoms with E-state index in [0.717, 1.165) is 0 Å². The number of carbonyl (C=O) groups is 2. The van der Waals surface area contributed by atoms with Crippen LogP contribution in [0.15, 0.2) is 35.3 Å². The lowest BCUT2D eigenvalue weighted by Crippen LogP contribution is -2.52. The van der Waals surface area contributed by atoms with Gasteiger partial charge in [-0.3, -0.25) is 14.4 Å². The van der Waals surface area contributed by atoms with Crippen LogP contribution in [0.5, 0.6) is 0 Å².